The molecule has 0 aromatic carbocycles. The third-order valence-electron chi connectivity index (χ3n) is 3.41. The van der Waals surface area contributed by atoms with Gasteiger partial charge in [0.2, 0.25) is 0 Å². The van der Waals surface area contributed by atoms with E-state index in [-0.39, 0.29) is 11.4 Å². The quantitative estimate of drug-likeness (QED) is 0.379. The molecule has 0 aliphatic carbocycles. The van der Waals surface area contributed by atoms with Gasteiger partial charge in [0.1, 0.15) is 0 Å². The molecule has 0 heterocycles. The van der Waals surface area contributed by atoms with E-state index in [1.165, 1.54) is 38.5 Å². The fraction of sp³-hybridized carbons (Fsp3) is 0.938. The van der Waals surface area contributed by atoms with E-state index in [4.69, 9.17) is 4.74 Å². The molecule has 18 heavy (non-hydrogen) atoms. The maximum absolute atomic E-state index is 11.8. The zero-order valence-corrected chi connectivity index (χ0v) is 12.9. The van der Waals surface area contributed by atoms with E-state index in [9.17, 15) is 4.79 Å². The summed E-state index contributed by atoms with van der Waals surface area (Å²) in [6, 6.07) is 0. The van der Waals surface area contributed by atoms with Crippen molar-refractivity contribution in [3.8, 4) is 0 Å². The smallest absolute Gasteiger partial charge is 0.311 e. The number of ether oxygens (including phenoxy) is 1. The Bertz CT molecular complexity index is 209. The molecule has 0 fully saturated rings. The summed E-state index contributed by atoms with van der Waals surface area (Å²) in [5.41, 5.74) is -0.310. The van der Waals surface area contributed by atoms with E-state index < -0.39 is 0 Å². The molecular formula is C16H32O2. The average Bonchev–Trinajstić information content (AvgIpc) is 2.32. The van der Waals surface area contributed by atoms with Crippen LogP contribution in [0.3, 0.4) is 0 Å². The lowest BCUT2D eigenvalue weighted by Crippen LogP contribution is -2.26. The summed E-state index contributed by atoms with van der Waals surface area (Å²) in [5, 5.41) is 0. The van der Waals surface area contributed by atoms with Gasteiger partial charge in [-0.05, 0) is 26.7 Å². The van der Waals surface area contributed by atoms with Gasteiger partial charge in [-0.3, -0.25) is 4.79 Å². The molecule has 0 aliphatic rings. The van der Waals surface area contributed by atoms with Gasteiger partial charge in [0, 0.05) is 0 Å². The van der Waals surface area contributed by atoms with Crippen LogP contribution in [0.25, 0.3) is 0 Å². The van der Waals surface area contributed by atoms with Crippen LogP contribution in [0, 0.1) is 5.41 Å². The van der Waals surface area contributed by atoms with Gasteiger partial charge >= 0.3 is 5.97 Å². The highest BCUT2D eigenvalue weighted by Crippen LogP contribution is 2.24. The average molecular weight is 256 g/mol. The summed E-state index contributed by atoms with van der Waals surface area (Å²) in [6.45, 7) is 8.88. The largest absolute Gasteiger partial charge is 0.465 e. The van der Waals surface area contributed by atoms with Gasteiger partial charge in [0.15, 0.2) is 0 Å². The Morgan fingerprint density at radius 3 is 2.00 bits per heavy atom. The maximum atomic E-state index is 11.8. The first kappa shape index (κ1) is 17.5. The molecule has 0 amide bonds. The van der Waals surface area contributed by atoms with Gasteiger partial charge in [-0.2, -0.15) is 0 Å². The van der Waals surface area contributed by atoms with Crippen molar-refractivity contribution in [2.45, 2.75) is 85.5 Å². The van der Waals surface area contributed by atoms with Crippen molar-refractivity contribution in [2.75, 3.05) is 6.61 Å². The molecule has 0 saturated carbocycles. The molecule has 0 aromatic rings. The topological polar surface area (TPSA) is 26.3 Å². The molecule has 2 nitrogen and oxygen atoms in total. The highest BCUT2D eigenvalue weighted by atomic mass is 16.5. The number of esters is 1. The Hall–Kier alpha value is -0.530. The second-order valence-corrected chi connectivity index (χ2v) is 5.89. The fourth-order valence-corrected chi connectivity index (χ4v) is 2.15. The van der Waals surface area contributed by atoms with Crippen molar-refractivity contribution in [2.24, 2.45) is 5.41 Å². The molecule has 0 N–H and O–H groups in total. The monoisotopic (exact) mass is 256 g/mol. The van der Waals surface area contributed by atoms with E-state index in [0.29, 0.717) is 6.61 Å². The first-order valence-electron chi connectivity index (χ1n) is 7.71. The highest BCUT2D eigenvalue weighted by molar-refractivity contribution is 5.75. The van der Waals surface area contributed by atoms with Crippen LogP contribution >= 0.6 is 0 Å². The molecule has 0 radical (unpaired) electrons. The lowest BCUT2D eigenvalue weighted by molar-refractivity contribution is -0.154. The number of carbonyl (C=O) groups is 1. The molecule has 108 valence electrons. The number of unbranched alkanes of at least 4 members (excludes halogenated alkanes) is 6. The standard InChI is InChI=1S/C16H32O2/c1-5-7-8-9-10-11-12-14-18-15(17)16(3,4)13-6-2/h5-14H2,1-4H3. The molecule has 2 heteroatoms. The summed E-state index contributed by atoms with van der Waals surface area (Å²) >= 11 is 0. The summed E-state index contributed by atoms with van der Waals surface area (Å²) < 4.78 is 5.35. The number of hydrogen-bond acceptors (Lipinski definition) is 2. The van der Waals surface area contributed by atoms with Crippen molar-refractivity contribution >= 4 is 5.97 Å². The zero-order chi connectivity index (χ0) is 13.9. The van der Waals surface area contributed by atoms with Gasteiger partial charge in [0.25, 0.3) is 0 Å². The zero-order valence-electron chi connectivity index (χ0n) is 12.9. The minimum absolute atomic E-state index is 0.0321. The Balaban J connectivity index is 3.46. The predicted molar refractivity (Wildman–Crippen MR) is 77.6 cm³/mol. The normalized spacial score (nSPS) is 11.6. The molecule has 0 unspecified atom stereocenters. The van der Waals surface area contributed by atoms with E-state index in [1.54, 1.807) is 0 Å². The van der Waals surface area contributed by atoms with Crippen molar-refractivity contribution in [3.63, 3.8) is 0 Å². The van der Waals surface area contributed by atoms with E-state index in [1.807, 2.05) is 13.8 Å². The van der Waals surface area contributed by atoms with Crippen LogP contribution in [0.15, 0.2) is 0 Å². The molecule has 0 spiro atoms. The van der Waals surface area contributed by atoms with Crippen molar-refractivity contribution < 1.29 is 9.53 Å². The van der Waals surface area contributed by atoms with Crippen molar-refractivity contribution in [3.05, 3.63) is 0 Å². The second kappa shape index (κ2) is 10.4. The summed E-state index contributed by atoms with van der Waals surface area (Å²) in [6.07, 6.45) is 10.7. The van der Waals surface area contributed by atoms with Crippen LogP contribution in [-0.4, -0.2) is 12.6 Å². The summed E-state index contributed by atoms with van der Waals surface area (Å²) in [5.74, 6) is -0.0321. The Morgan fingerprint density at radius 2 is 1.44 bits per heavy atom. The van der Waals surface area contributed by atoms with Gasteiger partial charge in [-0.15, -0.1) is 0 Å². The van der Waals surface area contributed by atoms with Crippen LogP contribution in [0.4, 0.5) is 0 Å². The Labute approximate surface area is 113 Å². The van der Waals surface area contributed by atoms with Gasteiger partial charge in [-0.25, -0.2) is 0 Å². The fourth-order valence-electron chi connectivity index (χ4n) is 2.15. The molecule has 0 aliphatic heterocycles. The van der Waals surface area contributed by atoms with Gasteiger partial charge < -0.3 is 4.74 Å². The maximum Gasteiger partial charge on any atom is 0.311 e. The lowest BCUT2D eigenvalue weighted by atomic mass is 9.88. The molecule has 0 saturated heterocycles. The minimum atomic E-state index is -0.310. The van der Waals surface area contributed by atoms with Gasteiger partial charge in [-0.1, -0.05) is 58.8 Å². The van der Waals surface area contributed by atoms with Crippen LogP contribution < -0.4 is 0 Å². The molecule has 0 rings (SSSR count). The minimum Gasteiger partial charge on any atom is -0.465 e. The van der Waals surface area contributed by atoms with Crippen LogP contribution in [0.5, 0.6) is 0 Å². The molecule has 0 aromatic heterocycles. The van der Waals surface area contributed by atoms with Crippen molar-refractivity contribution in [1.29, 1.82) is 0 Å². The van der Waals surface area contributed by atoms with Crippen LogP contribution in [0.2, 0.25) is 0 Å². The molecule has 0 bridgehead atoms. The second-order valence-electron chi connectivity index (χ2n) is 5.89. The van der Waals surface area contributed by atoms with E-state index in [2.05, 4.69) is 13.8 Å². The molecule has 0 atom stereocenters. The summed E-state index contributed by atoms with van der Waals surface area (Å²) in [7, 11) is 0. The third-order valence-corrected chi connectivity index (χ3v) is 3.41. The van der Waals surface area contributed by atoms with Crippen molar-refractivity contribution in [1.82, 2.24) is 0 Å². The SMILES string of the molecule is CCCCCCCCCOC(=O)C(C)(C)CCC. The van der Waals surface area contributed by atoms with Gasteiger partial charge in [0.05, 0.1) is 12.0 Å². The van der Waals surface area contributed by atoms with E-state index in [0.717, 1.165) is 19.3 Å². The number of carbonyl (C=O) groups excluding carboxylic acids is 1. The first-order chi connectivity index (χ1) is 8.54. The highest BCUT2D eigenvalue weighted by Gasteiger charge is 2.27. The number of rotatable bonds is 11. The first-order valence-corrected chi connectivity index (χ1v) is 7.71. The Morgan fingerprint density at radius 1 is 0.889 bits per heavy atom. The predicted octanol–water partition coefficient (Wildman–Crippen LogP) is 5.11. The molecular weight excluding hydrogens is 224 g/mol. The lowest BCUT2D eigenvalue weighted by Gasteiger charge is -2.21. The Kier molecular flexibility index (Phi) is 10.1. The van der Waals surface area contributed by atoms with Crippen LogP contribution in [-0.2, 0) is 9.53 Å². The number of hydrogen-bond donors (Lipinski definition) is 0. The summed E-state index contributed by atoms with van der Waals surface area (Å²) in [4.78, 5) is 11.8. The van der Waals surface area contributed by atoms with Crippen LogP contribution in [0.1, 0.15) is 85.5 Å². The van der Waals surface area contributed by atoms with E-state index >= 15 is 0 Å². The third kappa shape index (κ3) is 8.54.